The van der Waals surface area contributed by atoms with Crippen LogP contribution in [-0.2, 0) is 0 Å². The number of halogens is 5. The number of hydrogen-bond donors (Lipinski definition) is 1. The fourth-order valence-electron chi connectivity index (χ4n) is 0.124. The molecule has 1 nitrogen and oxygen atoms in total. The van der Waals surface area contributed by atoms with Gasteiger partial charge in [0.15, 0.2) is 5.71 Å². The third kappa shape index (κ3) is 2.39. The van der Waals surface area contributed by atoms with Crippen LogP contribution in [0.5, 0.6) is 0 Å². The second-order valence-electron chi connectivity index (χ2n) is 1.21. The average Bonchev–Trinajstić information content (AvgIpc) is 1.62. The van der Waals surface area contributed by atoms with Gasteiger partial charge in [-0.2, -0.15) is 13.2 Å². The van der Waals surface area contributed by atoms with Crippen molar-refractivity contribution in [1.29, 1.82) is 5.41 Å². The van der Waals surface area contributed by atoms with Crippen LogP contribution in [0, 0.1) is 5.41 Å². The van der Waals surface area contributed by atoms with Crippen LogP contribution < -0.4 is 0 Å². The zero-order chi connectivity index (χ0) is 7.65. The minimum atomic E-state index is -5.19. The Hall–Kier alpha value is -0.680. The second kappa shape index (κ2) is 2.28. The van der Waals surface area contributed by atoms with Gasteiger partial charge in [-0.05, 0) is 0 Å². The van der Waals surface area contributed by atoms with Crippen LogP contribution in [0.1, 0.15) is 0 Å². The molecule has 0 fully saturated rings. The summed E-state index contributed by atoms with van der Waals surface area (Å²) in [4.78, 5) is 0. The SMILES string of the molecule is N=C(C(F)F)C(F)(F)F. The van der Waals surface area contributed by atoms with Gasteiger partial charge in [-0.3, -0.25) is 5.41 Å². The summed E-state index contributed by atoms with van der Waals surface area (Å²) in [5.41, 5.74) is -2.50. The van der Waals surface area contributed by atoms with Crippen LogP contribution in [0.25, 0.3) is 0 Å². The van der Waals surface area contributed by atoms with E-state index in [1.807, 2.05) is 0 Å². The van der Waals surface area contributed by atoms with Crippen molar-refractivity contribution in [3.05, 3.63) is 0 Å². The van der Waals surface area contributed by atoms with Crippen LogP contribution >= 0.6 is 0 Å². The summed E-state index contributed by atoms with van der Waals surface area (Å²) in [5, 5.41) is 5.72. The number of hydrogen-bond acceptors (Lipinski definition) is 1. The molecule has 6 heteroatoms. The van der Waals surface area contributed by atoms with Crippen molar-refractivity contribution in [2.75, 3.05) is 0 Å². The molecule has 0 aromatic carbocycles. The summed E-state index contributed by atoms with van der Waals surface area (Å²) >= 11 is 0. The van der Waals surface area contributed by atoms with E-state index < -0.39 is 18.3 Å². The van der Waals surface area contributed by atoms with E-state index in [1.165, 1.54) is 0 Å². The van der Waals surface area contributed by atoms with Crippen LogP contribution in [0.3, 0.4) is 0 Å². The first kappa shape index (κ1) is 8.32. The standard InChI is InChI=1S/C3H2F5N/c4-2(5)1(9)3(6,7)8/h2,9H. The quantitative estimate of drug-likeness (QED) is 0.432. The first-order valence-electron chi connectivity index (χ1n) is 1.79. The third-order valence-electron chi connectivity index (χ3n) is 0.524. The average molecular weight is 147 g/mol. The van der Waals surface area contributed by atoms with Gasteiger partial charge >= 0.3 is 6.18 Å². The predicted molar refractivity (Wildman–Crippen MR) is 19.8 cm³/mol. The van der Waals surface area contributed by atoms with E-state index in [9.17, 15) is 22.0 Å². The molecular weight excluding hydrogens is 145 g/mol. The molecule has 0 bridgehead atoms. The fraction of sp³-hybridized carbons (Fsp3) is 0.667. The number of nitrogens with one attached hydrogen (secondary N) is 1. The van der Waals surface area contributed by atoms with E-state index in [2.05, 4.69) is 0 Å². The smallest absolute Gasteiger partial charge is 0.296 e. The molecule has 0 saturated carbocycles. The van der Waals surface area contributed by atoms with E-state index >= 15 is 0 Å². The van der Waals surface area contributed by atoms with Crippen molar-refractivity contribution in [3.8, 4) is 0 Å². The molecule has 54 valence electrons. The Morgan fingerprint density at radius 1 is 1.22 bits per heavy atom. The normalized spacial score (nSPS) is 12.2. The largest absolute Gasteiger partial charge is 0.434 e. The van der Waals surface area contributed by atoms with Gasteiger partial charge in [-0.15, -0.1) is 0 Å². The predicted octanol–water partition coefficient (Wildman–Crippen LogP) is 1.83. The summed E-state index contributed by atoms with van der Waals surface area (Å²) in [5.74, 6) is 0. The molecule has 1 N–H and O–H groups in total. The van der Waals surface area contributed by atoms with Gasteiger partial charge in [0.25, 0.3) is 6.43 Å². The molecule has 0 amide bonds. The maximum absolute atomic E-state index is 11.0. The molecule has 9 heavy (non-hydrogen) atoms. The summed E-state index contributed by atoms with van der Waals surface area (Å²) in [7, 11) is 0. The van der Waals surface area contributed by atoms with Crippen molar-refractivity contribution in [2.45, 2.75) is 12.6 Å². The zero-order valence-corrected chi connectivity index (χ0v) is 3.97. The van der Waals surface area contributed by atoms with Gasteiger partial charge in [0.2, 0.25) is 0 Å². The lowest BCUT2D eigenvalue weighted by Crippen LogP contribution is -2.28. The van der Waals surface area contributed by atoms with Crippen LogP contribution in [0.2, 0.25) is 0 Å². The van der Waals surface area contributed by atoms with Crippen molar-refractivity contribution >= 4 is 5.71 Å². The number of alkyl halides is 5. The summed E-state index contributed by atoms with van der Waals surface area (Å²) in [6.07, 6.45) is -8.92. The highest BCUT2D eigenvalue weighted by molar-refractivity contribution is 5.89. The van der Waals surface area contributed by atoms with E-state index in [-0.39, 0.29) is 0 Å². The van der Waals surface area contributed by atoms with Crippen LogP contribution in [-0.4, -0.2) is 18.3 Å². The van der Waals surface area contributed by atoms with Gasteiger partial charge in [0.1, 0.15) is 0 Å². The molecule has 0 rings (SSSR count). The lowest BCUT2D eigenvalue weighted by Gasteiger charge is -2.04. The van der Waals surface area contributed by atoms with E-state index in [0.29, 0.717) is 0 Å². The van der Waals surface area contributed by atoms with Gasteiger partial charge in [-0.1, -0.05) is 0 Å². The summed E-state index contributed by atoms with van der Waals surface area (Å²) in [6.45, 7) is 0. The minimum Gasteiger partial charge on any atom is -0.296 e. The summed E-state index contributed by atoms with van der Waals surface area (Å²) in [6, 6.07) is 0. The fourth-order valence-corrected chi connectivity index (χ4v) is 0.124. The van der Waals surface area contributed by atoms with Crippen molar-refractivity contribution in [3.63, 3.8) is 0 Å². The highest BCUT2D eigenvalue weighted by Crippen LogP contribution is 2.19. The van der Waals surface area contributed by atoms with E-state index in [1.54, 1.807) is 0 Å². The zero-order valence-electron chi connectivity index (χ0n) is 3.97. The Kier molecular flexibility index (Phi) is 2.11. The Bertz CT molecular complexity index is 114. The van der Waals surface area contributed by atoms with Crippen molar-refractivity contribution in [2.24, 2.45) is 0 Å². The molecule has 0 aliphatic heterocycles. The lowest BCUT2D eigenvalue weighted by atomic mass is 10.4. The molecule has 0 radical (unpaired) electrons. The van der Waals surface area contributed by atoms with Crippen molar-refractivity contribution < 1.29 is 22.0 Å². The maximum atomic E-state index is 11.0. The molecular formula is C3H2F5N. The van der Waals surface area contributed by atoms with Gasteiger partial charge in [-0.25, -0.2) is 8.78 Å². The van der Waals surface area contributed by atoms with Crippen LogP contribution in [0.4, 0.5) is 22.0 Å². The molecule has 0 atom stereocenters. The summed E-state index contributed by atoms with van der Waals surface area (Å²) < 4.78 is 54.9. The molecule has 0 aromatic heterocycles. The molecule has 0 aliphatic rings. The Balaban J connectivity index is 4.06. The highest BCUT2D eigenvalue weighted by atomic mass is 19.4. The lowest BCUT2D eigenvalue weighted by molar-refractivity contribution is -0.0689. The van der Waals surface area contributed by atoms with E-state index in [0.717, 1.165) is 0 Å². The second-order valence-corrected chi connectivity index (χ2v) is 1.21. The van der Waals surface area contributed by atoms with Gasteiger partial charge in [0.05, 0.1) is 0 Å². The molecule has 0 saturated heterocycles. The monoisotopic (exact) mass is 147 g/mol. The molecule has 0 unspecified atom stereocenters. The Morgan fingerprint density at radius 2 is 1.56 bits per heavy atom. The Labute approximate surface area is 47.0 Å². The molecule has 0 aromatic rings. The minimum absolute atomic E-state index is 2.50. The molecule has 0 aliphatic carbocycles. The van der Waals surface area contributed by atoms with Gasteiger partial charge in [0, 0.05) is 0 Å². The molecule has 0 spiro atoms. The first-order valence-corrected chi connectivity index (χ1v) is 1.79. The third-order valence-corrected chi connectivity index (χ3v) is 0.524. The molecule has 0 heterocycles. The van der Waals surface area contributed by atoms with E-state index in [4.69, 9.17) is 5.41 Å². The number of rotatable bonds is 1. The first-order chi connectivity index (χ1) is 3.85. The van der Waals surface area contributed by atoms with Crippen molar-refractivity contribution in [1.82, 2.24) is 0 Å². The highest BCUT2D eigenvalue weighted by Gasteiger charge is 2.39. The van der Waals surface area contributed by atoms with Crippen LogP contribution in [0.15, 0.2) is 0 Å². The maximum Gasteiger partial charge on any atom is 0.434 e. The Morgan fingerprint density at radius 3 is 1.56 bits per heavy atom. The topological polar surface area (TPSA) is 23.9 Å². The van der Waals surface area contributed by atoms with Gasteiger partial charge < -0.3 is 0 Å².